The summed E-state index contributed by atoms with van der Waals surface area (Å²) in [7, 11) is 0. The summed E-state index contributed by atoms with van der Waals surface area (Å²) in [6.07, 6.45) is 5.68. The van der Waals surface area contributed by atoms with Gasteiger partial charge >= 0.3 is 5.97 Å². The normalized spacial score (nSPS) is 10.1. The van der Waals surface area contributed by atoms with Crippen LogP contribution in [0.15, 0.2) is 12.3 Å². The van der Waals surface area contributed by atoms with E-state index in [0.29, 0.717) is 0 Å². The van der Waals surface area contributed by atoms with Crippen LogP contribution in [0.5, 0.6) is 0 Å². The van der Waals surface area contributed by atoms with Crippen LogP contribution in [0.2, 0.25) is 0 Å². The molecule has 58 valence electrons. The van der Waals surface area contributed by atoms with Crippen molar-refractivity contribution in [2.75, 3.05) is 6.54 Å². The van der Waals surface area contributed by atoms with Crippen LogP contribution in [-0.2, 0) is 4.79 Å². The van der Waals surface area contributed by atoms with Gasteiger partial charge in [0.15, 0.2) is 0 Å². The summed E-state index contributed by atoms with van der Waals surface area (Å²) in [5.74, 6) is -0.832. The minimum Gasteiger partial charge on any atom is -0.480 e. The van der Waals surface area contributed by atoms with E-state index in [4.69, 9.17) is 5.11 Å². The number of allylic oxidation sites excluding steroid dienone is 1. The molecule has 0 radical (unpaired) electrons. The Hall–Kier alpha value is -0.990. The highest BCUT2D eigenvalue weighted by atomic mass is 16.4. The third-order valence-corrected chi connectivity index (χ3v) is 0.944. The van der Waals surface area contributed by atoms with Crippen LogP contribution in [-0.4, -0.2) is 17.6 Å². The molecule has 0 aromatic rings. The highest BCUT2D eigenvalue weighted by Gasteiger charge is 1.88. The highest BCUT2D eigenvalue weighted by Crippen LogP contribution is 1.85. The maximum absolute atomic E-state index is 9.94. The van der Waals surface area contributed by atoms with E-state index in [2.05, 4.69) is 12.2 Å². The molecule has 0 unspecified atom stereocenters. The van der Waals surface area contributed by atoms with Crippen molar-refractivity contribution in [3.63, 3.8) is 0 Å². The molecule has 2 N–H and O–H groups in total. The predicted octanol–water partition coefficient (Wildman–Crippen LogP) is 0.974. The Morgan fingerprint density at radius 1 is 1.70 bits per heavy atom. The van der Waals surface area contributed by atoms with Crippen LogP contribution in [0.3, 0.4) is 0 Å². The average molecular weight is 143 g/mol. The molecule has 0 spiro atoms. The van der Waals surface area contributed by atoms with Gasteiger partial charge in [0.25, 0.3) is 0 Å². The van der Waals surface area contributed by atoms with Crippen LogP contribution in [0.1, 0.15) is 19.8 Å². The molecule has 3 nitrogen and oxygen atoms in total. The number of hydrogen-bond acceptors (Lipinski definition) is 2. The molecule has 0 atom stereocenters. The molecule has 0 aromatic heterocycles. The van der Waals surface area contributed by atoms with Gasteiger partial charge in [-0.2, -0.15) is 0 Å². The van der Waals surface area contributed by atoms with Crippen LogP contribution < -0.4 is 5.32 Å². The van der Waals surface area contributed by atoms with Gasteiger partial charge in [-0.15, -0.1) is 0 Å². The summed E-state index contributed by atoms with van der Waals surface area (Å²) < 4.78 is 0. The number of hydrogen-bond donors (Lipinski definition) is 2. The molecule has 0 heterocycles. The predicted molar refractivity (Wildman–Crippen MR) is 39.7 cm³/mol. The minimum atomic E-state index is -0.832. The Bertz CT molecular complexity index is 121. The van der Waals surface area contributed by atoms with E-state index in [1.807, 2.05) is 6.08 Å². The van der Waals surface area contributed by atoms with Crippen molar-refractivity contribution in [3.8, 4) is 0 Å². The highest BCUT2D eigenvalue weighted by molar-refractivity contribution is 5.69. The van der Waals surface area contributed by atoms with Gasteiger partial charge < -0.3 is 10.4 Å². The maximum atomic E-state index is 9.94. The lowest BCUT2D eigenvalue weighted by Crippen LogP contribution is -2.16. The van der Waals surface area contributed by atoms with E-state index in [1.165, 1.54) is 0 Å². The zero-order valence-corrected chi connectivity index (χ0v) is 6.13. The first-order chi connectivity index (χ1) is 4.77. The lowest BCUT2D eigenvalue weighted by atomic mass is 10.3. The van der Waals surface area contributed by atoms with Gasteiger partial charge in [-0.05, 0) is 12.6 Å². The molecular formula is C7H13NO2. The molecule has 0 rings (SSSR count). The molecule has 0 aliphatic carbocycles. The average Bonchev–Trinajstić information content (AvgIpc) is 1.87. The fraction of sp³-hybridized carbons (Fsp3) is 0.571. The summed E-state index contributed by atoms with van der Waals surface area (Å²) in [6, 6.07) is 0. The van der Waals surface area contributed by atoms with Gasteiger partial charge in [-0.25, -0.2) is 0 Å². The SMILES string of the molecule is CCC/C=C/NCC(=O)O. The standard InChI is InChI=1S/C7H13NO2/c1-2-3-4-5-8-6-7(9)10/h4-5,8H,2-3,6H2,1H3,(H,9,10)/b5-4+. The molecule has 3 heteroatoms. The maximum Gasteiger partial charge on any atom is 0.322 e. The Morgan fingerprint density at radius 3 is 2.90 bits per heavy atom. The quantitative estimate of drug-likeness (QED) is 0.603. The molecule has 0 fully saturated rings. The number of rotatable bonds is 5. The molecule has 0 aliphatic heterocycles. The first kappa shape index (κ1) is 9.01. The molecule has 0 saturated heterocycles. The fourth-order valence-corrected chi connectivity index (χ4v) is 0.480. The lowest BCUT2D eigenvalue weighted by Gasteiger charge is -1.92. The number of carbonyl (C=O) groups is 1. The molecule has 0 bridgehead atoms. The van der Waals surface area contributed by atoms with E-state index >= 15 is 0 Å². The molecule has 0 amide bonds. The monoisotopic (exact) mass is 143 g/mol. The van der Waals surface area contributed by atoms with Gasteiger partial charge in [-0.1, -0.05) is 19.4 Å². The molecular weight excluding hydrogens is 130 g/mol. The van der Waals surface area contributed by atoms with E-state index < -0.39 is 5.97 Å². The van der Waals surface area contributed by atoms with Crippen molar-refractivity contribution in [2.24, 2.45) is 0 Å². The van der Waals surface area contributed by atoms with E-state index in [-0.39, 0.29) is 6.54 Å². The lowest BCUT2D eigenvalue weighted by molar-refractivity contribution is -0.135. The van der Waals surface area contributed by atoms with E-state index in [9.17, 15) is 4.79 Å². The first-order valence-corrected chi connectivity index (χ1v) is 3.37. The Labute approximate surface area is 60.7 Å². The van der Waals surface area contributed by atoms with Gasteiger partial charge in [0.1, 0.15) is 6.54 Å². The van der Waals surface area contributed by atoms with Gasteiger partial charge in [0.2, 0.25) is 0 Å². The smallest absolute Gasteiger partial charge is 0.322 e. The third-order valence-electron chi connectivity index (χ3n) is 0.944. The van der Waals surface area contributed by atoms with Crippen molar-refractivity contribution < 1.29 is 9.90 Å². The van der Waals surface area contributed by atoms with Crippen LogP contribution in [0.4, 0.5) is 0 Å². The molecule has 0 aromatic carbocycles. The summed E-state index contributed by atoms with van der Waals surface area (Å²) in [4.78, 5) is 9.94. The van der Waals surface area contributed by atoms with Gasteiger partial charge in [0.05, 0.1) is 0 Å². The number of nitrogens with one attached hydrogen (secondary N) is 1. The first-order valence-electron chi connectivity index (χ1n) is 3.37. The van der Waals surface area contributed by atoms with Gasteiger partial charge in [0, 0.05) is 0 Å². The second kappa shape index (κ2) is 6.13. The van der Waals surface area contributed by atoms with Crippen molar-refractivity contribution in [1.82, 2.24) is 5.32 Å². The van der Waals surface area contributed by atoms with Crippen molar-refractivity contribution in [2.45, 2.75) is 19.8 Å². The van der Waals surface area contributed by atoms with Gasteiger partial charge in [-0.3, -0.25) is 4.79 Å². The number of carboxylic acid groups (broad SMARTS) is 1. The Morgan fingerprint density at radius 2 is 2.40 bits per heavy atom. The van der Waals surface area contributed by atoms with E-state index in [0.717, 1.165) is 12.8 Å². The summed E-state index contributed by atoms with van der Waals surface area (Å²) in [6.45, 7) is 2.07. The van der Waals surface area contributed by atoms with Crippen LogP contribution >= 0.6 is 0 Å². The minimum absolute atomic E-state index is 0.000213. The zero-order chi connectivity index (χ0) is 7.82. The Kier molecular flexibility index (Phi) is 5.53. The fourth-order valence-electron chi connectivity index (χ4n) is 0.480. The van der Waals surface area contributed by atoms with Crippen LogP contribution in [0.25, 0.3) is 0 Å². The topological polar surface area (TPSA) is 49.3 Å². The number of unbranched alkanes of at least 4 members (excludes halogenated alkanes) is 1. The summed E-state index contributed by atoms with van der Waals surface area (Å²) >= 11 is 0. The molecule has 0 aliphatic rings. The molecule has 0 saturated carbocycles. The van der Waals surface area contributed by atoms with Crippen LogP contribution in [0, 0.1) is 0 Å². The molecule has 10 heavy (non-hydrogen) atoms. The van der Waals surface area contributed by atoms with E-state index in [1.54, 1.807) is 6.20 Å². The van der Waals surface area contributed by atoms with Crippen molar-refractivity contribution in [1.29, 1.82) is 0 Å². The summed E-state index contributed by atoms with van der Waals surface area (Å²) in [5, 5.41) is 10.8. The Balaban J connectivity index is 3.10. The number of carboxylic acids is 1. The third kappa shape index (κ3) is 7.01. The summed E-state index contributed by atoms with van der Waals surface area (Å²) in [5.41, 5.74) is 0. The second-order valence-electron chi connectivity index (χ2n) is 1.97. The number of aliphatic carboxylic acids is 1. The largest absolute Gasteiger partial charge is 0.480 e. The van der Waals surface area contributed by atoms with Crippen molar-refractivity contribution in [3.05, 3.63) is 12.3 Å². The van der Waals surface area contributed by atoms with Crippen molar-refractivity contribution >= 4 is 5.97 Å². The zero-order valence-electron chi connectivity index (χ0n) is 6.13. The second-order valence-corrected chi connectivity index (χ2v) is 1.97.